The zero-order chi connectivity index (χ0) is 16.9. The smallest absolute Gasteiger partial charge is 0.371 e. The van der Waals surface area contributed by atoms with Crippen LogP contribution in [0.25, 0.3) is 10.9 Å². The van der Waals surface area contributed by atoms with E-state index in [0.717, 1.165) is 18.8 Å². The Balaban J connectivity index is 1.77. The summed E-state index contributed by atoms with van der Waals surface area (Å²) in [6, 6.07) is 5.65. The Bertz CT molecular complexity index is 805. The first kappa shape index (κ1) is 15.5. The number of nitrogens with one attached hydrogen (secondary N) is 1. The zero-order valence-electron chi connectivity index (χ0n) is 13.2. The predicted octanol–water partition coefficient (Wildman–Crippen LogP) is 4.17. The van der Waals surface area contributed by atoms with Crippen LogP contribution in [-0.2, 0) is 6.18 Å². The van der Waals surface area contributed by atoms with Gasteiger partial charge < -0.3 is 9.88 Å². The van der Waals surface area contributed by atoms with Gasteiger partial charge in [-0.25, -0.2) is 0 Å². The number of hydrogen-bond acceptors (Lipinski definition) is 2. The molecule has 128 valence electrons. The molecular formula is C18H19F3N2O. The summed E-state index contributed by atoms with van der Waals surface area (Å²) in [7, 11) is 0. The van der Waals surface area contributed by atoms with Crippen LogP contribution < -0.4 is 10.5 Å². The van der Waals surface area contributed by atoms with E-state index in [1.165, 1.54) is 25.7 Å². The third kappa shape index (κ3) is 3.28. The molecule has 0 amide bonds. The molecule has 0 radical (unpaired) electrons. The maximum atomic E-state index is 13.3. The van der Waals surface area contributed by atoms with E-state index in [4.69, 9.17) is 0 Å². The second kappa shape index (κ2) is 5.53. The standard InChI is InChI=1S/C18H19F3N2O/c19-18(20,21)15-8-17(24)22-16-6-5-13(7-14(15)16)23(9-11-1-2-11)10-12-3-4-12/h5-8,11-12H,1-4,9-10H2,(H,22,24). The van der Waals surface area contributed by atoms with Gasteiger partial charge in [-0.2, -0.15) is 13.2 Å². The van der Waals surface area contributed by atoms with E-state index < -0.39 is 17.3 Å². The second-order valence-electron chi connectivity index (χ2n) is 7.07. The molecule has 1 aromatic carbocycles. The van der Waals surface area contributed by atoms with Gasteiger partial charge in [-0.15, -0.1) is 0 Å². The van der Waals surface area contributed by atoms with Crippen LogP contribution in [0.4, 0.5) is 18.9 Å². The number of aromatic amines is 1. The third-order valence-electron chi connectivity index (χ3n) is 4.85. The van der Waals surface area contributed by atoms with Crippen LogP contribution in [0.2, 0.25) is 0 Å². The number of nitrogens with zero attached hydrogens (tertiary/aromatic N) is 1. The van der Waals surface area contributed by atoms with E-state index in [1.807, 2.05) is 6.07 Å². The fourth-order valence-corrected chi connectivity index (χ4v) is 3.18. The van der Waals surface area contributed by atoms with Gasteiger partial charge in [0.1, 0.15) is 0 Å². The van der Waals surface area contributed by atoms with Gasteiger partial charge in [0.2, 0.25) is 5.56 Å². The molecule has 2 saturated carbocycles. The van der Waals surface area contributed by atoms with Crippen LogP contribution in [0.3, 0.4) is 0 Å². The van der Waals surface area contributed by atoms with Crippen LogP contribution in [0, 0.1) is 11.8 Å². The molecule has 2 aromatic rings. The van der Waals surface area contributed by atoms with Gasteiger partial charge in [-0.3, -0.25) is 4.79 Å². The highest BCUT2D eigenvalue weighted by atomic mass is 19.4. The zero-order valence-corrected chi connectivity index (χ0v) is 13.2. The van der Waals surface area contributed by atoms with Gasteiger partial charge in [-0.05, 0) is 55.7 Å². The van der Waals surface area contributed by atoms with Crippen molar-refractivity contribution in [3.05, 3.63) is 40.2 Å². The molecule has 0 atom stereocenters. The maximum absolute atomic E-state index is 13.3. The molecule has 0 spiro atoms. The van der Waals surface area contributed by atoms with Crippen molar-refractivity contribution >= 4 is 16.6 Å². The largest absolute Gasteiger partial charge is 0.417 e. The third-order valence-corrected chi connectivity index (χ3v) is 4.85. The monoisotopic (exact) mass is 336 g/mol. The molecule has 6 heteroatoms. The number of fused-ring (bicyclic) bond motifs is 1. The van der Waals surface area contributed by atoms with Crippen molar-refractivity contribution in [3.8, 4) is 0 Å². The van der Waals surface area contributed by atoms with E-state index >= 15 is 0 Å². The predicted molar refractivity (Wildman–Crippen MR) is 87.2 cm³/mol. The minimum Gasteiger partial charge on any atom is -0.371 e. The van der Waals surface area contributed by atoms with Crippen molar-refractivity contribution < 1.29 is 13.2 Å². The molecule has 2 aliphatic rings. The highest BCUT2D eigenvalue weighted by Gasteiger charge is 2.34. The van der Waals surface area contributed by atoms with Crippen LogP contribution in [0.15, 0.2) is 29.1 Å². The highest BCUT2D eigenvalue weighted by Crippen LogP contribution is 2.38. The molecule has 1 heterocycles. The van der Waals surface area contributed by atoms with Gasteiger partial charge in [0.15, 0.2) is 0 Å². The molecule has 1 aromatic heterocycles. The number of alkyl halides is 3. The van der Waals surface area contributed by atoms with Crippen LogP contribution in [0.5, 0.6) is 0 Å². The minimum absolute atomic E-state index is 0.0659. The van der Waals surface area contributed by atoms with Crippen molar-refractivity contribution in [1.82, 2.24) is 4.98 Å². The van der Waals surface area contributed by atoms with Crippen molar-refractivity contribution in [2.24, 2.45) is 11.8 Å². The van der Waals surface area contributed by atoms with Crippen LogP contribution in [0.1, 0.15) is 31.2 Å². The summed E-state index contributed by atoms with van der Waals surface area (Å²) in [6.07, 6.45) is 0.278. The summed E-state index contributed by atoms with van der Waals surface area (Å²) >= 11 is 0. The molecule has 0 aliphatic heterocycles. The van der Waals surface area contributed by atoms with E-state index in [-0.39, 0.29) is 10.9 Å². The maximum Gasteiger partial charge on any atom is 0.417 e. The Morgan fingerprint density at radius 3 is 2.21 bits per heavy atom. The van der Waals surface area contributed by atoms with Gasteiger partial charge in [0.05, 0.1) is 5.56 Å². The van der Waals surface area contributed by atoms with E-state index in [0.29, 0.717) is 17.9 Å². The van der Waals surface area contributed by atoms with E-state index in [9.17, 15) is 18.0 Å². The van der Waals surface area contributed by atoms with Crippen molar-refractivity contribution in [2.75, 3.05) is 18.0 Å². The minimum atomic E-state index is -4.54. The number of benzene rings is 1. The van der Waals surface area contributed by atoms with Crippen molar-refractivity contribution in [3.63, 3.8) is 0 Å². The lowest BCUT2D eigenvalue weighted by Crippen LogP contribution is -2.28. The Hall–Kier alpha value is -1.98. The number of pyridine rings is 1. The number of halogens is 3. The first-order valence-electron chi connectivity index (χ1n) is 8.39. The lowest BCUT2D eigenvalue weighted by atomic mass is 10.1. The summed E-state index contributed by atoms with van der Waals surface area (Å²) in [4.78, 5) is 16.2. The molecule has 4 rings (SSSR count). The van der Waals surface area contributed by atoms with Crippen molar-refractivity contribution in [1.29, 1.82) is 0 Å². The lowest BCUT2D eigenvalue weighted by Gasteiger charge is -2.25. The summed E-state index contributed by atoms with van der Waals surface area (Å²) in [5, 5.41) is 0.0659. The number of H-pyrrole nitrogens is 1. The molecule has 24 heavy (non-hydrogen) atoms. The number of anilines is 1. The molecule has 2 fully saturated rings. The Labute approximate surface area is 137 Å². The normalized spacial score (nSPS) is 18.1. The number of rotatable bonds is 5. The number of aromatic nitrogens is 1. The summed E-state index contributed by atoms with van der Waals surface area (Å²) in [5.74, 6) is 1.33. The van der Waals surface area contributed by atoms with Gasteiger partial charge in [-0.1, -0.05) is 0 Å². The van der Waals surface area contributed by atoms with Crippen LogP contribution >= 0.6 is 0 Å². The highest BCUT2D eigenvalue weighted by molar-refractivity contribution is 5.86. The van der Waals surface area contributed by atoms with Gasteiger partial charge in [0, 0.05) is 35.7 Å². The molecular weight excluding hydrogens is 317 g/mol. The quantitative estimate of drug-likeness (QED) is 0.889. The summed E-state index contributed by atoms with van der Waals surface area (Å²) in [5.41, 5.74) is -0.536. The molecule has 2 aliphatic carbocycles. The molecule has 1 N–H and O–H groups in total. The molecule has 0 unspecified atom stereocenters. The summed E-state index contributed by atoms with van der Waals surface area (Å²) in [6.45, 7) is 1.82. The second-order valence-corrected chi connectivity index (χ2v) is 7.07. The summed E-state index contributed by atoms with van der Waals surface area (Å²) < 4.78 is 39.9. The van der Waals surface area contributed by atoms with Gasteiger partial charge in [0.25, 0.3) is 0 Å². The molecule has 0 bridgehead atoms. The topological polar surface area (TPSA) is 36.1 Å². The van der Waals surface area contributed by atoms with E-state index in [2.05, 4.69) is 9.88 Å². The van der Waals surface area contributed by atoms with E-state index in [1.54, 1.807) is 12.1 Å². The molecule has 3 nitrogen and oxygen atoms in total. The van der Waals surface area contributed by atoms with Gasteiger partial charge >= 0.3 is 6.18 Å². The van der Waals surface area contributed by atoms with Crippen molar-refractivity contribution in [2.45, 2.75) is 31.9 Å². The fraction of sp³-hybridized carbons (Fsp3) is 0.500. The lowest BCUT2D eigenvalue weighted by molar-refractivity contribution is -0.136. The Morgan fingerprint density at radius 1 is 1.04 bits per heavy atom. The fourth-order valence-electron chi connectivity index (χ4n) is 3.18. The first-order valence-corrected chi connectivity index (χ1v) is 8.39. The van der Waals surface area contributed by atoms with Crippen LogP contribution in [-0.4, -0.2) is 18.1 Å². The average Bonchev–Trinajstić information content (AvgIpc) is 3.40. The SMILES string of the molecule is O=c1cc(C(F)(F)F)c2cc(N(CC3CC3)CC3CC3)ccc2[nH]1. The number of hydrogen-bond donors (Lipinski definition) is 1. The first-order chi connectivity index (χ1) is 11.4. The molecule has 0 saturated heterocycles. The Kier molecular flexibility index (Phi) is 3.58. The average molecular weight is 336 g/mol. The Morgan fingerprint density at radius 2 is 1.67 bits per heavy atom.